The molecular weight excluding hydrogens is 244 g/mol. The average molecular weight is 266 g/mol. The standard InChI is InChI=1S/C15H22O4/c1-5-13(15(17)18-4)14(16)11-6-8-12(9-7-11)19-10(2)3/h6-10,13-14,16H,5H2,1-4H3. The van der Waals surface area contributed by atoms with Crippen LogP contribution in [0.3, 0.4) is 0 Å². The van der Waals surface area contributed by atoms with Crippen molar-refractivity contribution in [1.29, 1.82) is 0 Å². The van der Waals surface area contributed by atoms with E-state index in [0.29, 0.717) is 12.0 Å². The number of aliphatic hydroxyl groups is 1. The van der Waals surface area contributed by atoms with Gasteiger partial charge in [-0.3, -0.25) is 4.79 Å². The van der Waals surface area contributed by atoms with E-state index in [-0.39, 0.29) is 6.10 Å². The highest BCUT2D eigenvalue weighted by atomic mass is 16.5. The number of methoxy groups -OCH3 is 1. The van der Waals surface area contributed by atoms with Crippen LogP contribution in [0.2, 0.25) is 0 Å². The van der Waals surface area contributed by atoms with Gasteiger partial charge in [-0.15, -0.1) is 0 Å². The van der Waals surface area contributed by atoms with Gasteiger partial charge in [0.05, 0.1) is 25.2 Å². The third kappa shape index (κ3) is 4.24. The lowest BCUT2D eigenvalue weighted by Crippen LogP contribution is -2.23. The van der Waals surface area contributed by atoms with Crippen LogP contribution < -0.4 is 4.74 Å². The number of esters is 1. The lowest BCUT2D eigenvalue weighted by molar-refractivity contribution is -0.149. The fourth-order valence-electron chi connectivity index (χ4n) is 1.92. The molecule has 0 aliphatic rings. The molecule has 2 unspecified atom stereocenters. The average Bonchev–Trinajstić information content (AvgIpc) is 2.39. The van der Waals surface area contributed by atoms with Crippen molar-refractivity contribution < 1.29 is 19.4 Å². The molecule has 1 rings (SSSR count). The molecule has 0 saturated carbocycles. The van der Waals surface area contributed by atoms with E-state index in [1.165, 1.54) is 7.11 Å². The van der Waals surface area contributed by atoms with Gasteiger partial charge in [-0.25, -0.2) is 0 Å². The van der Waals surface area contributed by atoms with Crippen molar-refractivity contribution in [2.75, 3.05) is 7.11 Å². The summed E-state index contributed by atoms with van der Waals surface area (Å²) in [6.45, 7) is 5.75. The normalized spacial score (nSPS) is 14.0. The Bertz CT molecular complexity index is 397. The molecule has 0 aliphatic heterocycles. The van der Waals surface area contributed by atoms with E-state index in [1.54, 1.807) is 24.3 Å². The van der Waals surface area contributed by atoms with Crippen molar-refractivity contribution in [1.82, 2.24) is 0 Å². The van der Waals surface area contributed by atoms with Gasteiger partial charge in [0.2, 0.25) is 0 Å². The second-order valence-corrected chi connectivity index (χ2v) is 4.72. The minimum absolute atomic E-state index is 0.106. The number of benzene rings is 1. The van der Waals surface area contributed by atoms with Crippen molar-refractivity contribution >= 4 is 5.97 Å². The summed E-state index contributed by atoms with van der Waals surface area (Å²) in [4.78, 5) is 11.6. The van der Waals surface area contributed by atoms with Crippen LogP contribution in [-0.2, 0) is 9.53 Å². The van der Waals surface area contributed by atoms with Gasteiger partial charge < -0.3 is 14.6 Å². The highest BCUT2D eigenvalue weighted by Crippen LogP contribution is 2.27. The van der Waals surface area contributed by atoms with Crippen LogP contribution in [0.25, 0.3) is 0 Å². The van der Waals surface area contributed by atoms with Gasteiger partial charge in [-0.05, 0) is 38.0 Å². The molecule has 1 aromatic rings. The largest absolute Gasteiger partial charge is 0.491 e. The van der Waals surface area contributed by atoms with Crippen LogP contribution in [0.5, 0.6) is 5.75 Å². The summed E-state index contributed by atoms with van der Waals surface area (Å²) in [7, 11) is 1.33. The van der Waals surface area contributed by atoms with E-state index in [2.05, 4.69) is 0 Å². The minimum atomic E-state index is -0.856. The predicted molar refractivity (Wildman–Crippen MR) is 73.0 cm³/mol. The van der Waals surface area contributed by atoms with Crippen LogP contribution in [0, 0.1) is 5.92 Å². The zero-order chi connectivity index (χ0) is 14.4. The molecule has 0 radical (unpaired) electrons. The molecule has 106 valence electrons. The zero-order valence-corrected chi connectivity index (χ0v) is 11.9. The Morgan fingerprint density at radius 2 is 1.84 bits per heavy atom. The highest BCUT2D eigenvalue weighted by Gasteiger charge is 2.27. The molecule has 0 spiro atoms. The van der Waals surface area contributed by atoms with Gasteiger partial charge >= 0.3 is 5.97 Å². The maximum Gasteiger partial charge on any atom is 0.311 e. The first-order valence-corrected chi connectivity index (χ1v) is 6.52. The van der Waals surface area contributed by atoms with E-state index < -0.39 is 18.0 Å². The Morgan fingerprint density at radius 3 is 2.26 bits per heavy atom. The number of carbonyl (C=O) groups is 1. The quantitative estimate of drug-likeness (QED) is 0.804. The Hall–Kier alpha value is -1.55. The smallest absolute Gasteiger partial charge is 0.311 e. The molecule has 4 nitrogen and oxygen atoms in total. The topological polar surface area (TPSA) is 55.8 Å². The summed E-state index contributed by atoms with van der Waals surface area (Å²) < 4.78 is 10.2. The number of carbonyl (C=O) groups excluding carboxylic acids is 1. The summed E-state index contributed by atoms with van der Waals surface area (Å²) in [6.07, 6.45) is -0.224. The zero-order valence-electron chi connectivity index (χ0n) is 11.9. The van der Waals surface area contributed by atoms with Crippen molar-refractivity contribution in [2.45, 2.75) is 39.4 Å². The van der Waals surface area contributed by atoms with Crippen molar-refractivity contribution in [3.63, 3.8) is 0 Å². The number of ether oxygens (including phenoxy) is 2. The van der Waals surface area contributed by atoms with Crippen LogP contribution in [-0.4, -0.2) is 24.3 Å². The lowest BCUT2D eigenvalue weighted by atomic mass is 9.93. The van der Waals surface area contributed by atoms with Gasteiger partial charge in [0, 0.05) is 0 Å². The van der Waals surface area contributed by atoms with Crippen molar-refractivity contribution in [3.8, 4) is 5.75 Å². The van der Waals surface area contributed by atoms with E-state index in [4.69, 9.17) is 9.47 Å². The monoisotopic (exact) mass is 266 g/mol. The molecule has 4 heteroatoms. The molecule has 2 atom stereocenters. The summed E-state index contributed by atoms with van der Waals surface area (Å²) in [6, 6.07) is 7.13. The molecule has 0 aliphatic carbocycles. The molecule has 0 aromatic heterocycles. The molecule has 0 bridgehead atoms. The van der Waals surface area contributed by atoms with E-state index in [1.807, 2.05) is 20.8 Å². The Morgan fingerprint density at radius 1 is 1.26 bits per heavy atom. The van der Waals surface area contributed by atoms with E-state index >= 15 is 0 Å². The number of hydrogen-bond donors (Lipinski definition) is 1. The Balaban J connectivity index is 2.81. The summed E-state index contributed by atoms with van der Waals surface area (Å²) in [5.41, 5.74) is 0.688. The second-order valence-electron chi connectivity index (χ2n) is 4.72. The summed E-state index contributed by atoms with van der Waals surface area (Å²) in [5, 5.41) is 10.2. The molecule has 0 heterocycles. The van der Waals surface area contributed by atoms with Crippen LogP contribution in [0.4, 0.5) is 0 Å². The van der Waals surface area contributed by atoms with Gasteiger partial charge in [0.1, 0.15) is 5.75 Å². The first-order valence-electron chi connectivity index (χ1n) is 6.52. The van der Waals surface area contributed by atoms with Gasteiger partial charge in [0.15, 0.2) is 0 Å². The summed E-state index contributed by atoms with van der Waals surface area (Å²) in [5.74, 6) is -0.184. The van der Waals surface area contributed by atoms with Crippen LogP contribution in [0.1, 0.15) is 38.9 Å². The SMILES string of the molecule is CCC(C(=O)OC)C(O)c1ccc(OC(C)C)cc1. The third-order valence-corrected chi connectivity index (χ3v) is 2.92. The first-order chi connectivity index (χ1) is 8.99. The predicted octanol–water partition coefficient (Wildman–Crippen LogP) is 2.71. The van der Waals surface area contributed by atoms with E-state index in [0.717, 1.165) is 5.75 Å². The second kappa shape index (κ2) is 7.14. The van der Waals surface area contributed by atoms with Crippen LogP contribution in [0.15, 0.2) is 24.3 Å². The molecular formula is C15H22O4. The lowest BCUT2D eigenvalue weighted by Gasteiger charge is -2.20. The highest BCUT2D eigenvalue weighted by molar-refractivity contribution is 5.73. The van der Waals surface area contributed by atoms with Gasteiger partial charge in [0.25, 0.3) is 0 Å². The number of aliphatic hydroxyl groups excluding tert-OH is 1. The molecule has 1 N–H and O–H groups in total. The Labute approximate surface area is 114 Å². The van der Waals surface area contributed by atoms with Gasteiger partial charge in [-0.2, -0.15) is 0 Å². The number of hydrogen-bond acceptors (Lipinski definition) is 4. The number of rotatable bonds is 6. The van der Waals surface area contributed by atoms with Crippen molar-refractivity contribution in [3.05, 3.63) is 29.8 Å². The Kier molecular flexibility index (Phi) is 5.83. The van der Waals surface area contributed by atoms with E-state index in [9.17, 15) is 9.90 Å². The minimum Gasteiger partial charge on any atom is -0.491 e. The molecule has 1 aromatic carbocycles. The molecule has 19 heavy (non-hydrogen) atoms. The van der Waals surface area contributed by atoms with Crippen molar-refractivity contribution in [2.24, 2.45) is 5.92 Å². The summed E-state index contributed by atoms with van der Waals surface area (Å²) >= 11 is 0. The molecule has 0 saturated heterocycles. The van der Waals surface area contributed by atoms with Gasteiger partial charge in [-0.1, -0.05) is 19.1 Å². The van der Waals surface area contributed by atoms with Crippen LogP contribution >= 0.6 is 0 Å². The molecule has 0 fully saturated rings. The maximum atomic E-state index is 11.6. The fraction of sp³-hybridized carbons (Fsp3) is 0.533. The third-order valence-electron chi connectivity index (χ3n) is 2.92. The maximum absolute atomic E-state index is 11.6. The molecule has 0 amide bonds. The first kappa shape index (κ1) is 15.5. The fourth-order valence-corrected chi connectivity index (χ4v) is 1.92.